The molecule has 0 heterocycles. The first-order chi connectivity index (χ1) is 14.1. The summed E-state index contributed by atoms with van der Waals surface area (Å²) >= 11 is 0. The molecule has 0 unspecified atom stereocenters. The van der Waals surface area contributed by atoms with Crippen molar-refractivity contribution in [3.63, 3.8) is 0 Å². The number of carbonyl (C=O) groups excluding carboxylic acids is 2. The van der Waals surface area contributed by atoms with Crippen LogP contribution in [0.3, 0.4) is 0 Å². The van der Waals surface area contributed by atoms with Gasteiger partial charge in [0.15, 0.2) is 0 Å². The Balaban J connectivity index is 1.37. The number of amides is 2. The summed E-state index contributed by atoms with van der Waals surface area (Å²) in [4.78, 5) is 26.7. The van der Waals surface area contributed by atoms with Crippen molar-refractivity contribution in [2.75, 3.05) is 25.1 Å². The summed E-state index contributed by atoms with van der Waals surface area (Å²) in [7, 11) is 1.73. The van der Waals surface area contributed by atoms with E-state index in [-0.39, 0.29) is 17.7 Å². The maximum Gasteiger partial charge on any atom is 0.253 e. The van der Waals surface area contributed by atoms with E-state index in [2.05, 4.69) is 5.32 Å². The van der Waals surface area contributed by atoms with Gasteiger partial charge in [-0.3, -0.25) is 9.59 Å². The molecule has 29 heavy (non-hydrogen) atoms. The number of anilines is 1. The fourth-order valence-electron chi connectivity index (χ4n) is 3.42. The molecule has 2 amide bonds. The van der Waals surface area contributed by atoms with Gasteiger partial charge in [0.25, 0.3) is 5.91 Å². The Hall–Kier alpha value is -3.34. The van der Waals surface area contributed by atoms with Crippen LogP contribution in [0.15, 0.2) is 66.7 Å². The van der Waals surface area contributed by atoms with Crippen molar-refractivity contribution in [3.05, 3.63) is 72.3 Å². The summed E-state index contributed by atoms with van der Waals surface area (Å²) in [5.41, 5.74) is 1.13. The Morgan fingerprint density at radius 3 is 2.55 bits per heavy atom. The van der Waals surface area contributed by atoms with Gasteiger partial charge in [-0.25, -0.2) is 0 Å². The van der Waals surface area contributed by atoms with E-state index in [9.17, 15) is 9.59 Å². The van der Waals surface area contributed by atoms with Crippen molar-refractivity contribution in [1.29, 1.82) is 0 Å². The van der Waals surface area contributed by atoms with Gasteiger partial charge in [-0.05, 0) is 36.4 Å². The number of para-hydroxylation sites is 1. The normalized spacial score (nSPS) is 13.1. The van der Waals surface area contributed by atoms with E-state index in [1.807, 2.05) is 54.6 Å². The first-order valence-corrected chi connectivity index (χ1v) is 9.90. The van der Waals surface area contributed by atoms with Gasteiger partial charge in [0.1, 0.15) is 12.4 Å². The number of nitrogens with one attached hydrogen (secondary N) is 1. The molecule has 148 valence electrons. The lowest BCUT2D eigenvalue weighted by Gasteiger charge is -2.20. The van der Waals surface area contributed by atoms with Gasteiger partial charge in [-0.15, -0.1) is 0 Å². The highest BCUT2D eigenvalue weighted by Gasteiger charge is 2.33. The Bertz CT molecular complexity index is 1040. The molecule has 5 heteroatoms. The Morgan fingerprint density at radius 2 is 1.72 bits per heavy atom. The quantitative estimate of drug-likeness (QED) is 0.622. The van der Waals surface area contributed by atoms with Crippen LogP contribution < -0.4 is 15.0 Å². The largest absolute Gasteiger partial charge is 0.491 e. The van der Waals surface area contributed by atoms with Gasteiger partial charge in [0, 0.05) is 18.4 Å². The summed E-state index contributed by atoms with van der Waals surface area (Å²) in [6, 6.07) is 21.2. The molecule has 1 aliphatic rings. The van der Waals surface area contributed by atoms with Crippen LogP contribution in [0, 0.1) is 5.92 Å². The second kappa shape index (κ2) is 8.35. The highest BCUT2D eigenvalue weighted by atomic mass is 16.5. The van der Waals surface area contributed by atoms with E-state index < -0.39 is 0 Å². The Kier molecular flexibility index (Phi) is 5.47. The molecule has 1 saturated carbocycles. The molecule has 3 aromatic rings. The van der Waals surface area contributed by atoms with E-state index in [0.717, 1.165) is 29.4 Å². The van der Waals surface area contributed by atoms with Gasteiger partial charge in [0.2, 0.25) is 5.91 Å². The molecule has 5 nitrogen and oxygen atoms in total. The van der Waals surface area contributed by atoms with Crippen LogP contribution in [0.1, 0.15) is 23.2 Å². The van der Waals surface area contributed by atoms with Crippen LogP contribution in [-0.2, 0) is 4.79 Å². The third-order valence-electron chi connectivity index (χ3n) is 5.16. The average Bonchev–Trinajstić information content (AvgIpc) is 3.61. The number of rotatable bonds is 7. The summed E-state index contributed by atoms with van der Waals surface area (Å²) in [5, 5.41) is 5.06. The molecule has 0 spiro atoms. The second-order valence-corrected chi connectivity index (χ2v) is 7.27. The van der Waals surface area contributed by atoms with Crippen molar-refractivity contribution in [3.8, 4) is 5.75 Å². The van der Waals surface area contributed by atoms with Crippen LogP contribution >= 0.6 is 0 Å². The molecular weight excluding hydrogens is 364 g/mol. The number of carbonyl (C=O) groups is 2. The lowest BCUT2D eigenvalue weighted by Crippen LogP contribution is -2.33. The van der Waals surface area contributed by atoms with E-state index in [1.54, 1.807) is 24.1 Å². The molecule has 4 rings (SSSR count). The van der Waals surface area contributed by atoms with Gasteiger partial charge in [-0.1, -0.05) is 48.5 Å². The minimum atomic E-state index is -0.211. The third-order valence-corrected chi connectivity index (χ3v) is 5.16. The van der Waals surface area contributed by atoms with Gasteiger partial charge in [-0.2, -0.15) is 0 Å². The van der Waals surface area contributed by atoms with Crippen LogP contribution in [0.5, 0.6) is 5.75 Å². The van der Waals surface area contributed by atoms with Crippen molar-refractivity contribution in [2.24, 2.45) is 5.92 Å². The zero-order valence-corrected chi connectivity index (χ0v) is 16.4. The number of nitrogens with zero attached hydrogens (tertiary/aromatic N) is 1. The van der Waals surface area contributed by atoms with E-state index in [0.29, 0.717) is 24.4 Å². The highest BCUT2D eigenvalue weighted by Crippen LogP contribution is 2.33. The first kappa shape index (κ1) is 19.0. The molecule has 0 atom stereocenters. The van der Waals surface area contributed by atoms with Crippen LogP contribution in [0.25, 0.3) is 10.8 Å². The Morgan fingerprint density at radius 1 is 1.00 bits per heavy atom. The standard InChI is InChI=1S/C24H24N2O3/c1-26(24(28)18-13-14-18)21-11-5-4-10-20(21)23(27)25-15-16-29-22-12-6-8-17-7-2-3-9-19(17)22/h2-12,18H,13-16H2,1H3,(H,25,27). The monoisotopic (exact) mass is 388 g/mol. The fraction of sp³-hybridized carbons (Fsp3) is 0.250. The highest BCUT2D eigenvalue weighted by molar-refractivity contribution is 6.05. The smallest absolute Gasteiger partial charge is 0.253 e. The summed E-state index contributed by atoms with van der Waals surface area (Å²) < 4.78 is 5.88. The maximum atomic E-state index is 12.7. The van der Waals surface area contributed by atoms with Crippen LogP contribution in [0.2, 0.25) is 0 Å². The molecule has 0 aliphatic heterocycles. The SMILES string of the molecule is CN(C(=O)C1CC1)c1ccccc1C(=O)NCCOc1cccc2ccccc12. The molecule has 1 N–H and O–H groups in total. The molecule has 1 fully saturated rings. The molecule has 0 aromatic heterocycles. The number of benzene rings is 3. The maximum absolute atomic E-state index is 12.7. The summed E-state index contributed by atoms with van der Waals surface area (Å²) in [6.07, 6.45) is 1.87. The average molecular weight is 388 g/mol. The van der Waals surface area contributed by atoms with Crippen LogP contribution in [0.4, 0.5) is 5.69 Å². The molecule has 0 radical (unpaired) electrons. The van der Waals surface area contributed by atoms with Crippen molar-refractivity contribution >= 4 is 28.3 Å². The third kappa shape index (κ3) is 4.24. The summed E-state index contributed by atoms with van der Waals surface area (Å²) in [6.45, 7) is 0.732. The number of hydrogen-bond donors (Lipinski definition) is 1. The minimum absolute atomic E-state index is 0.0736. The minimum Gasteiger partial charge on any atom is -0.491 e. The van der Waals surface area contributed by atoms with Gasteiger partial charge < -0.3 is 15.0 Å². The zero-order valence-electron chi connectivity index (χ0n) is 16.4. The number of hydrogen-bond acceptors (Lipinski definition) is 3. The lowest BCUT2D eigenvalue weighted by atomic mass is 10.1. The first-order valence-electron chi connectivity index (χ1n) is 9.90. The molecule has 1 aliphatic carbocycles. The predicted octanol–water partition coefficient (Wildman–Crippen LogP) is 4.02. The van der Waals surface area contributed by atoms with Crippen molar-refractivity contribution < 1.29 is 14.3 Å². The van der Waals surface area contributed by atoms with Gasteiger partial charge in [0.05, 0.1) is 17.8 Å². The number of ether oxygens (including phenoxy) is 1. The predicted molar refractivity (Wildman–Crippen MR) is 114 cm³/mol. The number of fused-ring (bicyclic) bond motifs is 1. The van der Waals surface area contributed by atoms with Crippen molar-refractivity contribution in [2.45, 2.75) is 12.8 Å². The molecule has 0 bridgehead atoms. The van der Waals surface area contributed by atoms with E-state index >= 15 is 0 Å². The molecular formula is C24H24N2O3. The lowest BCUT2D eigenvalue weighted by molar-refractivity contribution is -0.119. The van der Waals surface area contributed by atoms with Gasteiger partial charge >= 0.3 is 0 Å². The van der Waals surface area contributed by atoms with Crippen molar-refractivity contribution in [1.82, 2.24) is 5.32 Å². The van der Waals surface area contributed by atoms with E-state index in [1.165, 1.54) is 0 Å². The molecule has 0 saturated heterocycles. The van der Waals surface area contributed by atoms with E-state index in [4.69, 9.17) is 4.74 Å². The Labute approximate surface area is 170 Å². The van der Waals surface area contributed by atoms with Crippen LogP contribution in [-0.4, -0.2) is 32.0 Å². The second-order valence-electron chi connectivity index (χ2n) is 7.27. The summed E-state index contributed by atoms with van der Waals surface area (Å²) in [5.74, 6) is 0.764. The molecule has 3 aromatic carbocycles. The zero-order chi connectivity index (χ0) is 20.2. The fourth-order valence-corrected chi connectivity index (χ4v) is 3.42. The topological polar surface area (TPSA) is 58.6 Å².